The molecule has 1 aliphatic carbocycles. The maximum absolute atomic E-state index is 13.6. The fourth-order valence-corrected chi connectivity index (χ4v) is 6.07. The molecule has 1 fully saturated rings. The Labute approximate surface area is 235 Å². The lowest BCUT2D eigenvalue weighted by Gasteiger charge is -2.38. The van der Waals surface area contributed by atoms with Gasteiger partial charge in [0.2, 0.25) is 0 Å². The summed E-state index contributed by atoms with van der Waals surface area (Å²) in [7, 11) is 1.90. The molecule has 0 bridgehead atoms. The number of nitrogens with one attached hydrogen (secondary N) is 2. The van der Waals surface area contributed by atoms with Crippen molar-refractivity contribution in [2.75, 3.05) is 30.4 Å². The number of fused-ring (bicyclic) bond motifs is 1. The smallest absolute Gasteiger partial charge is 0.319 e. The molecule has 2 aromatic carbocycles. The van der Waals surface area contributed by atoms with E-state index in [1.807, 2.05) is 67.7 Å². The highest BCUT2D eigenvalue weighted by molar-refractivity contribution is 6.31. The van der Waals surface area contributed by atoms with Crippen LogP contribution in [0.1, 0.15) is 66.2 Å². The Hall–Kier alpha value is -3.58. The highest BCUT2D eigenvalue weighted by Gasteiger charge is 2.38. The molecule has 0 saturated carbocycles. The molecule has 3 amide bonds. The third-order valence-electron chi connectivity index (χ3n) is 8.21. The molecule has 204 valence electrons. The van der Waals surface area contributed by atoms with Gasteiger partial charge in [0.05, 0.1) is 6.04 Å². The number of piperidine rings is 1. The summed E-state index contributed by atoms with van der Waals surface area (Å²) in [5.41, 5.74) is 5.47. The summed E-state index contributed by atoms with van der Waals surface area (Å²) < 4.78 is 0. The Balaban J connectivity index is 1.27. The molecule has 8 heteroatoms. The minimum absolute atomic E-state index is 0.0161. The van der Waals surface area contributed by atoms with Gasteiger partial charge in [-0.05, 0) is 84.7 Å². The summed E-state index contributed by atoms with van der Waals surface area (Å²) in [4.78, 5) is 34.8. The van der Waals surface area contributed by atoms with Crippen LogP contribution < -0.4 is 15.5 Å². The number of pyridine rings is 1. The first-order chi connectivity index (χ1) is 18.6. The summed E-state index contributed by atoms with van der Waals surface area (Å²) in [5, 5.41) is 6.62. The summed E-state index contributed by atoms with van der Waals surface area (Å²) in [6, 6.07) is 15.2. The van der Waals surface area contributed by atoms with E-state index in [-0.39, 0.29) is 29.4 Å². The largest absolute Gasteiger partial charge is 0.371 e. The van der Waals surface area contributed by atoms with Gasteiger partial charge in [-0.15, -0.1) is 0 Å². The molecule has 5 rings (SSSR count). The number of carbonyl (C=O) groups is 2. The highest BCUT2D eigenvalue weighted by atomic mass is 35.5. The van der Waals surface area contributed by atoms with Gasteiger partial charge in [0.1, 0.15) is 0 Å². The number of aromatic nitrogens is 1. The van der Waals surface area contributed by atoms with E-state index >= 15 is 0 Å². The monoisotopic (exact) mass is 545 g/mol. The Morgan fingerprint density at radius 2 is 1.77 bits per heavy atom. The normalized spacial score (nSPS) is 18.4. The first-order valence-electron chi connectivity index (χ1n) is 13.5. The Kier molecular flexibility index (Phi) is 7.54. The number of amides is 3. The molecule has 2 N–H and O–H groups in total. The van der Waals surface area contributed by atoms with E-state index in [1.54, 1.807) is 6.07 Å². The van der Waals surface area contributed by atoms with Crippen LogP contribution in [-0.2, 0) is 5.41 Å². The van der Waals surface area contributed by atoms with Crippen molar-refractivity contribution in [1.29, 1.82) is 0 Å². The molecule has 39 heavy (non-hydrogen) atoms. The Morgan fingerprint density at radius 1 is 1.05 bits per heavy atom. The summed E-state index contributed by atoms with van der Waals surface area (Å²) >= 11 is 6.22. The summed E-state index contributed by atoms with van der Waals surface area (Å²) in [5.74, 6) is 0.0161. The highest BCUT2D eigenvalue weighted by Crippen LogP contribution is 2.45. The fourth-order valence-electron chi connectivity index (χ4n) is 5.89. The third kappa shape index (κ3) is 5.74. The predicted octanol–water partition coefficient (Wildman–Crippen LogP) is 6.33. The van der Waals surface area contributed by atoms with Crippen molar-refractivity contribution >= 4 is 34.9 Å². The molecular formula is C31H36ClN5O2. The fraction of sp³-hybridized carbons (Fsp3) is 0.387. The minimum atomic E-state index is -0.293. The van der Waals surface area contributed by atoms with Gasteiger partial charge in [0.15, 0.2) is 0 Å². The number of nitrogens with zero attached hydrogens (tertiary/aromatic N) is 3. The number of rotatable bonds is 5. The van der Waals surface area contributed by atoms with Gasteiger partial charge in [-0.3, -0.25) is 9.78 Å². The van der Waals surface area contributed by atoms with Crippen LogP contribution >= 0.6 is 11.6 Å². The van der Waals surface area contributed by atoms with Crippen LogP contribution in [0.5, 0.6) is 0 Å². The second-order valence-electron chi connectivity index (χ2n) is 11.3. The van der Waals surface area contributed by atoms with Gasteiger partial charge in [-0.1, -0.05) is 37.6 Å². The lowest BCUT2D eigenvalue weighted by atomic mass is 9.86. The van der Waals surface area contributed by atoms with Crippen LogP contribution in [-0.4, -0.2) is 48.0 Å². The van der Waals surface area contributed by atoms with Gasteiger partial charge in [-0.25, -0.2) is 4.79 Å². The van der Waals surface area contributed by atoms with E-state index < -0.39 is 0 Å². The van der Waals surface area contributed by atoms with Crippen LogP contribution in [0.25, 0.3) is 0 Å². The van der Waals surface area contributed by atoms with Crippen molar-refractivity contribution in [1.82, 2.24) is 15.2 Å². The number of anilines is 2. The molecule has 2 aliphatic rings. The van der Waals surface area contributed by atoms with E-state index in [2.05, 4.69) is 40.4 Å². The van der Waals surface area contributed by atoms with Crippen LogP contribution in [0.15, 0.2) is 60.9 Å². The average molecular weight is 546 g/mol. The van der Waals surface area contributed by atoms with E-state index in [1.165, 1.54) is 5.69 Å². The van der Waals surface area contributed by atoms with Gasteiger partial charge < -0.3 is 20.4 Å². The summed E-state index contributed by atoms with van der Waals surface area (Å²) in [6.45, 7) is 8.08. The standard InChI is InChI=1S/C31H36ClN5O2/c1-20-5-7-22(18-27(20)32)34-30(39)35-28-19-31(2,3)26-8-6-21(17-25(26)28)29(38)36(4)23-11-15-37(16-12-23)24-9-13-33-14-10-24/h5-10,13-14,17-18,23,28H,11-12,15-16,19H2,1-4H3,(H2,34,35,39). The molecule has 3 aromatic rings. The topological polar surface area (TPSA) is 77.6 Å². The third-order valence-corrected chi connectivity index (χ3v) is 8.62. The van der Waals surface area contributed by atoms with Crippen molar-refractivity contribution in [3.05, 3.63) is 88.2 Å². The number of carbonyl (C=O) groups excluding carboxylic acids is 2. The first kappa shape index (κ1) is 27.0. The average Bonchev–Trinajstić information content (AvgIpc) is 3.19. The van der Waals surface area contributed by atoms with Gasteiger partial charge in [-0.2, -0.15) is 0 Å². The number of halogens is 1. The first-order valence-corrected chi connectivity index (χ1v) is 13.9. The number of hydrogen-bond acceptors (Lipinski definition) is 4. The lowest BCUT2D eigenvalue weighted by Crippen LogP contribution is -2.45. The van der Waals surface area contributed by atoms with Crippen LogP contribution in [0.3, 0.4) is 0 Å². The molecule has 1 unspecified atom stereocenters. The maximum atomic E-state index is 13.6. The van der Waals surface area contributed by atoms with Gasteiger partial charge >= 0.3 is 6.03 Å². The Morgan fingerprint density at radius 3 is 2.46 bits per heavy atom. The zero-order valence-electron chi connectivity index (χ0n) is 23.0. The minimum Gasteiger partial charge on any atom is -0.371 e. The van der Waals surface area contributed by atoms with E-state index in [4.69, 9.17) is 11.6 Å². The van der Waals surface area contributed by atoms with E-state index in [0.717, 1.165) is 49.0 Å². The van der Waals surface area contributed by atoms with Gasteiger partial charge in [0.25, 0.3) is 5.91 Å². The van der Waals surface area contributed by atoms with Crippen LogP contribution in [0.2, 0.25) is 5.02 Å². The van der Waals surface area contributed by atoms with Crippen molar-refractivity contribution in [2.24, 2.45) is 0 Å². The molecule has 7 nitrogen and oxygen atoms in total. The molecule has 2 heterocycles. The zero-order chi connectivity index (χ0) is 27.7. The second kappa shape index (κ2) is 10.9. The quantitative estimate of drug-likeness (QED) is 0.393. The van der Waals surface area contributed by atoms with Crippen molar-refractivity contribution in [3.63, 3.8) is 0 Å². The molecule has 0 radical (unpaired) electrons. The second-order valence-corrected chi connectivity index (χ2v) is 11.8. The van der Waals surface area contributed by atoms with Crippen LogP contribution in [0.4, 0.5) is 16.2 Å². The molecular weight excluding hydrogens is 510 g/mol. The maximum Gasteiger partial charge on any atom is 0.319 e. The number of urea groups is 1. The van der Waals surface area contributed by atoms with E-state index in [0.29, 0.717) is 16.3 Å². The van der Waals surface area contributed by atoms with Crippen LogP contribution in [0, 0.1) is 6.92 Å². The number of aryl methyl sites for hydroxylation is 1. The molecule has 1 aliphatic heterocycles. The lowest BCUT2D eigenvalue weighted by molar-refractivity contribution is 0.0709. The SMILES string of the molecule is Cc1ccc(NC(=O)NC2CC(C)(C)c3ccc(C(=O)N(C)C4CCN(c5ccncc5)CC4)cc32)cc1Cl. The molecule has 1 saturated heterocycles. The number of benzene rings is 2. The van der Waals surface area contributed by atoms with Gasteiger partial charge in [0, 0.05) is 60.5 Å². The Bertz CT molecular complexity index is 1370. The molecule has 1 atom stereocenters. The van der Waals surface area contributed by atoms with Crippen molar-refractivity contribution in [3.8, 4) is 0 Å². The van der Waals surface area contributed by atoms with Crippen molar-refractivity contribution in [2.45, 2.75) is 57.5 Å². The molecule has 0 spiro atoms. The van der Waals surface area contributed by atoms with E-state index in [9.17, 15) is 9.59 Å². The predicted molar refractivity (Wildman–Crippen MR) is 157 cm³/mol. The summed E-state index contributed by atoms with van der Waals surface area (Å²) in [6.07, 6.45) is 6.21. The molecule has 1 aromatic heterocycles. The zero-order valence-corrected chi connectivity index (χ0v) is 23.8. The number of hydrogen-bond donors (Lipinski definition) is 2. The van der Waals surface area contributed by atoms with Crippen molar-refractivity contribution < 1.29 is 9.59 Å².